The fourth-order valence-electron chi connectivity index (χ4n) is 3.26. The van der Waals surface area contributed by atoms with E-state index >= 15 is 0 Å². The smallest absolute Gasteiger partial charge is 0.437 e. The van der Waals surface area contributed by atoms with E-state index in [1.807, 2.05) is 0 Å². The molecule has 188 valence electrons. The number of alkyl halides is 3. The van der Waals surface area contributed by atoms with Gasteiger partial charge in [0.2, 0.25) is 12.2 Å². The van der Waals surface area contributed by atoms with Crippen LogP contribution in [0.1, 0.15) is 5.69 Å². The summed E-state index contributed by atoms with van der Waals surface area (Å²) in [7, 11) is 0. The summed E-state index contributed by atoms with van der Waals surface area (Å²) in [6.07, 6.45) is -6.18. The number of aliphatic hydroxyl groups is 1. The highest BCUT2D eigenvalue weighted by molar-refractivity contribution is 5.59. The van der Waals surface area contributed by atoms with Crippen LogP contribution in [0.25, 0.3) is 5.69 Å². The predicted octanol–water partition coefficient (Wildman–Crippen LogP) is 5.95. The minimum atomic E-state index is -4.81. The van der Waals surface area contributed by atoms with Gasteiger partial charge in [-0.15, -0.1) is 13.2 Å². The number of rotatable bonds is 8. The summed E-state index contributed by atoms with van der Waals surface area (Å²) in [6.45, 7) is 1.67. The van der Waals surface area contributed by atoms with E-state index in [4.69, 9.17) is 4.74 Å². The Bertz CT molecular complexity index is 1340. The molecule has 0 aliphatic heterocycles. The van der Waals surface area contributed by atoms with Gasteiger partial charge in [0.25, 0.3) is 0 Å². The number of hydrogen-bond donors (Lipinski definition) is 3. The fraction of sp³-hybridized carbons (Fsp3) is 0.125. The van der Waals surface area contributed by atoms with Gasteiger partial charge in [0.15, 0.2) is 11.6 Å². The van der Waals surface area contributed by atoms with Gasteiger partial charge in [-0.3, -0.25) is 0 Å². The Labute approximate surface area is 201 Å². The number of benzene rings is 3. The van der Waals surface area contributed by atoms with E-state index in [9.17, 15) is 27.1 Å². The van der Waals surface area contributed by atoms with Gasteiger partial charge in [0, 0.05) is 17.8 Å². The van der Waals surface area contributed by atoms with Crippen LogP contribution in [0, 0.1) is 18.6 Å². The molecule has 0 saturated carbocycles. The van der Waals surface area contributed by atoms with E-state index in [0.717, 1.165) is 24.3 Å². The molecular weight excluding hydrogens is 487 g/mol. The van der Waals surface area contributed by atoms with Gasteiger partial charge in [-0.1, -0.05) is 12.1 Å². The average molecular weight is 506 g/mol. The number of nitrogens with one attached hydrogen (secondary N) is 2. The third-order valence-electron chi connectivity index (χ3n) is 4.72. The molecular formula is C24H19F5N4O3. The Hall–Kier alpha value is -4.32. The van der Waals surface area contributed by atoms with E-state index in [1.165, 1.54) is 22.9 Å². The highest BCUT2D eigenvalue weighted by Gasteiger charge is 2.31. The Morgan fingerprint density at radius 2 is 1.67 bits per heavy atom. The quantitative estimate of drug-likeness (QED) is 0.203. The summed E-state index contributed by atoms with van der Waals surface area (Å²) in [5.41, 5.74) is 1.13. The number of ether oxygens (including phenoxy) is 2. The normalized spacial score (nSPS) is 12.2. The zero-order valence-corrected chi connectivity index (χ0v) is 18.6. The summed E-state index contributed by atoms with van der Waals surface area (Å²) >= 11 is 0. The number of aromatic nitrogens is 2. The molecule has 0 aliphatic rings. The SMILES string of the molecule is Cc1cc(Oc2ccccc2NC(O)Nc2ccc(OC(F)(F)F)cc2)n(-c2ccc(F)cc2F)n1. The molecule has 12 heteroatoms. The van der Waals surface area contributed by atoms with E-state index in [0.29, 0.717) is 17.1 Å². The number of halogens is 5. The van der Waals surface area contributed by atoms with Crippen molar-refractivity contribution in [2.75, 3.05) is 10.6 Å². The van der Waals surface area contributed by atoms with Crippen LogP contribution in [0.4, 0.5) is 33.3 Å². The first-order valence-electron chi connectivity index (χ1n) is 10.4. The lowest BCUT2D eigenvalue weighted by Crippen LogP contribution is -2.28. The minimum Gasteiger partial charge on any atom is -0.437 e. The molecule has 4 rings (SSSR count). The standard InChI is InChI=1S/C24H19F5N4O3/c1-14-12-22(33(32-14)20-11-6-15(25)13-18(20)26)35-21-5-3-2-4-19(21)31-23(34)30-16-7-9-17(10-8-16)36-24(27,28)29/h2-13,23,30-31,34H,1H3. The monoisotopic (exact) mass is 506 g/mol. The summed E-state index contributed by atoms with van der Waals surface area (Å²) in [5.74, 6) is -1.59. The summed E-state index contributed by atoms with van der Waals surface area (Å²) in [4.78, 5) is 0. The van der Waals surface area contributed by atoms with Crippen molar-refractivity contribution in [2.24, 2.45) is 0 Å². The van der Waals surface area contributed by atoms with Crippen molar-refractivity contribution < 1.29 is 36.5 Å². The number of hydrogen-bond acceptors (Lipinski definition) is 6. The maximum Gasteiger partial charge on any atom is 0.573 e. The molecule has 0 spiro atoms. The average Bonchev–Trinajstić information content (AvgIpc) is 3.15. The fourth-order valence-corrected chi connectivity index (χ4v) is 3.26. The van der Waals surface area contributed by atoms with Crippen LogP contribution in [0.5, 0.6) is 17.4 Å². The first-order chi connectivity index (χ1) is 17.1. The third kappa shape index (κ3) is 6.21. The predicted molar refractivity (Wildman–Crippen MR) is 121 cm³/mol. The van der Waals surface area contributed by atoms with Crippen molar-refractivity contribution in [1.82, 2.24) is 9.78 Å². The highest BCUT2D eigenvalue weighted by atomic mass is 19.4. The van der Waals surface area contributed by atoms with Gasteiger partial charge < -0.3 is 25.2 Å². The van der Waals surface area contributed by atoms with Gasteiger partial charge in [0.05, 0.1) is 11.4 Å². The number of anilines is 2. The molecule has 1 atom stereocenters. The molecule has 7 nitrogen and oxygen atoms in total. The first-order valence-corrected chi connectivity index (χ1v) is 10.4. The maximum absolute atomic E-state index is 14.4. The largest absolute Gasteiger partial charge is 0.573 e. The van der Waals surface area contributed by atoms with Crippen molar-refractivity contribution in [3.63, 3.8) is 0 Å². The lowest BCUT2D eigenvalue weighted by Gasteiger charge is -2.19. The van der Waals surface area contributed by atoms with Crippen LogP contribution in [-0.4, -0.2) is 27.6 Å². The van der Waals surface area contributed by atoms with Crippen molar-refractivity contribution in [1.29, 1.82) is 0 Å². The molecule has 3 aromatic carbocycles. The van der Waals surface area contributed by atoms with E-state index in [1.54, 1.807) is 37.3 Å². The second-order valence-electron chi connectivity index (χ2n) is 7.49. The van der Waals surface area contributed by atoms with Gasteiger partial charge >= 0.3 is 6.36 Å². The Morgan fingerprint density at radius 1 is 0.944 bits per heavy atom. The van der Waals surface area contributed by atoms with Gasteiger partial charge in [-0.05, 0) is 55.5 Å². The third-order valence-corrected chi connectivity index (χ3v) is 4.72. The highest BCUT2D eigenvalue weighted by Crippen LogP contribution is 2.32. The Balaban J connectivity index is 1.49. The molecule has 0 bridgehead atoms. The van der Waals surface area contributed by atoms with Crippen LogP contribution in [0.15, 0.2) is 72.8 Å². The zero-order chi connectivity index (χ0) is 25.9. The zero-order valence-electron chi connectivity index (χ0n) is 18.6. The molecule has 3 N–H and O–H groups in total. The molecule has 1 heterocycles. The van der Waals surface area contributed by atoms with Crippen molar-refractivity contribution in [3.05, 3.63) is 90.1 Å². The molecule has 0 amide bonds. The van der Waals surface area contributed by atoms with Crippen molar-refractivity contribution >= 4 is 11.4 Å². The second-order valence-corrected chi connectivity index (χ2v) is 7.49. The van der Waals surface area contributed by atoms with Gasteiger partial charge in [0.1, 0.15) is 17.3 Å². The van der Waals surface area contributed by atoms with Crippen LogP contribution < -0.4 is 20.1 Å². The molecule has 0 aliphatic carbocycles. The van der Waals surface area contributed by atoms with Crippen LogP contribution >= 0.6 is 0 Å². The second kappa shape index (κ2) is 10.1. The van der Waals surface area contributed by atoms with Crippen LogP contribution in [-0.2, 0) is 0 Å². The number of nitrogens with zero attached hydrogens (tertiary/aromatic N) is 2. The number of para-hydroxylation sites is 2. The van der Waals surface area contributed by atoms with Crippen molar-refractivity contribution in [2.45, 2.75) is 19.6 Å². The summed E-state index contributed by atoms with van der Waals surface area (Å²) < 4.78 is 75.5. The van der Waals surface area contributed by atoms with Crippen LogP contribution in [0.3, 0.4) is 0 Å². The molecule has 36 heavy (non-hydrogen) atoms. The van der Waals surface area contributed by atoms with E-state index < -0.39 is 30.1 Å². The lowest BCUT2D eigenvalue weighted by molar-refractivity contribution is -0.274. The van der Waals surface area contributed by atoms with Gasteiger partial charge in [-0.25, -0.2) is 8.78 Å². The minimum absolute atomic E-state index is 0.0235. The topological polar surface area (TPSA) is 80.6 Å². The molecule has 1 aromatic heterocycles. The number of aliphatic hydroxyl groups excluding tert-OH is 1. The molecule has 0 saturated heterocycles. The van der Waals surface area contributed by atoms with Crippen molar-refractivity contribution in [3.8, 4) is 23.1 Å². The molecule has 4 aromatic rings. The summed E-state index contributed by atoms with van der Waals surface area (Å²) in [5, 5.41) is 20.1. The van der Waals surface area contributed by atoms with E-state index in [2.05, 4.69) is 20.5 Å². The Kier molecular flexibility index (Phi) is 6.97. The first kappa shape index (κ1) is 24.8. The Morgan fingerprint density at radius 3 is 2.36 bits per heavy atom. The molecule has 0 radical (unpaired) electrons. The molecule has 0 fully saturated rings. The number of aryl methyl sites for hydroxylation is 1. The lowest BCUT2D eigenvalue weighted by atomic mass is 10.3. The molecule has 1 unspecified atom stereocenters. The van der Waals surface area contributed by atoms with Gasteiger partial charge in [-0.2, -0.15) is 9.78 Å². The van der Waals surface area contributed by atoms with Crippen LogP contribution in [0.2, 0.25) is 0 Å². The summed E-state index contributed by atoms with van der Waals surface area (Å²) in [6, 6.07) is 15.9. The maximum atomic E-state index is 14.4. The van der Waals surface area contributed by atoms with E-state index in [-0.39, 0.29) is 17.3 Å².